The highest BCUT2D eigenvalue weighted by atomic mass is 28.4. The minimum absolute atomic E-state index is 0.0705. The molecule has 2 aromatic carbocycles. The van der Waals surface area contributed by atoms with Gasteiger partial charge in [-0.25, -0.2) is 0 Å². The molecule has 0 unspecified atom stereocenters. The third-order valence-electron chi connectivity index (χ3n) is 11.0. The molecule has 3 nitrogen and oxygen atoms in total. The maximum atomic E-state index is 8.02. The van der Waals surface area contributed by atoms with E-state index >= 15 is 0 Å². The van der Waals surface area contributed by atoms with Gasteiger partial charge in [0.2, 0.25) is 0 Å². The molecule has 0 radical (unpaired) electrons. The fraction of sp³-hybridized carbons (Fsp3) is 0.556. The van der Waals surface area contributed by atoms with Gasteiger partial charge in [0.15, 0.2) is 8.32 Å². The minimum atomic E-state index is -2.78. The van der Waals surface area contributed by atoms with Crippen LogP contribution in [0.3, 0.4) is 0 Å². The monoisotopic (exact) mass is 586 g/mol. The van der Waals surface area contributed by atoms with Crippen molar-refractivity contribution in [2.45, 2.75) is 115 Å². The first-order valence-electron chi connectivity index (χ1n) is 16.3. The van der Waals surface area contributed by atoms with Gasteiger partial charge >= 0.3 is 0 Å². The molecule has 0 aromatic heterocycles. The molecule has 1 saturated heterocycles. The van der Waals surface area contributed by atoms with Gasteiger partial charge in [0.05, 0.1) is 24.4 Å². The Morgan fingerprint density at radius 3 is 1.88 bits per heavy atom. The molecule has 2 aromatic rings. The summed E-state index contributed by atoms with van der Waals surface area (Å²) in [6.07, 6.45) is 9.60. The van der Waals surface area contributed by atoms with Crippen molar-refractivity contribution in [1.29, 1.82) is 0 Å². The number of ether oxygens (including phenoxy) is 1. The van der Waals surface area contributed by atoms with E-state index < -0.39 is 16.6 Å². The van der Waals surface area contributed by atoms with Gasteiger partial charge in [-0.15, -0.1) is 0 Å². The zero-order valence-electron chi connectivity index (χ0n) is 26.1. The average molecular weight is 587 g/mol. The molecule has 1 heterocycles. The maximum absolute atomic E-state index is 8.02. The highest BCUT2D eigenvalue weighted by Crippen LogP contribution is 2.55. The highest BCUT2D eigenvalue weighted by molar-refractivity contribution is 6.99. The van der Waals surface area contributed by atoms with Crippen molar-refractivity contribution in [2.75, 3.05) is 0 Å². The van der Waals surface area contributed by atoms with Gasteiger partial charge in [-0.05, 0) is 82.2 Å². The second-order valence-electron chi connectivity index (χ2n) is 13.9. The number of benzene rings is 2. The molecule has 6 atom stereocenters. The summed E-state index contributed by atoms with van der Waals surface area (Å²) in [5, 5.41) is 2.61. The minimum Gasteiger partial charge on any atom is -0.410 e. The van der Waals surface area contributed by atoms with Crippen LogP contribution in [-0.2, 0) is 13.6 Å². The van der Waals surface area contributed by atoms with E-state index in [9.17, 15) is 0 Å². The molecule has 1 fully saturated rings. The number of fused-ring (bicyclic) bond motifs is 1. The lowest BCUT2D eigenvalue weighted by molar-refractivity contribution is -0.0357. The molecule has 3 aliphatic carbocycles. The Hall–Kier alpha value is -1.77. The molecule has 4 aliphatic rings. The summed E-state index contributed by atoms with van der Waals surface area (Å²) in [6.45, 7) is 14.3. The third kappa shape index (κ3) is 4.80. The van der Waals surface area contributed by atoms with Crippen molar-refractivity contribution in [3.05, 3.63) is 84.0 Å². The van der Waals surface area contributed by atoms with Crippen LogP contribution in [-0.4, -0.2) is 41.1 Å². The maximum Gasteiger partial charge on any atom is 0.262 e. The summed E-state index contributed by atoms with van der Waals surface area (Å²) < 4.78 is 22.5. The van der Waals surface area contributed by atoms with Crippen molar-refractivity contribution in [2.24, 2.45) is 11.8 Å². The summed E-state index contributed by atoms with van der Waals surface area (Å²) in [5.74, 6) is 1.07. The second kappa shape index (κ2) is 11.4. The van der Waals surface area contributed by atoms with Gasteiger partial charge in [-0.1, -0.05) is 114 Å². The zero-order chi connectivity index (χ0) is 28.8. The fourth-order valence-corrected chi connectivity index (χ4v) is 16.2. The lowest BCUT2D eigenvalue weighted by Gasteiger charge is -2.48. The number of hydrogen-bond acceptors (Lipinski definition) is 3. The van der Waals surface area contributed by atoms with Gasteiger partial charge in [0.25, 0.3) is 8.32 Å². The van der Waals surface area contributed by atoms with E-state index in [1.165, 1.54) is 39.7 Å². The van der Waals surface area contributed by atoms with E-state index in [0.29, 0.717) is 11.8 Å². The van der Waals surface area contributed by atoms with Gasteiger partial charge < -0.3 is 13.6 Å². The predicted octanol–water partition coefficient (Wildman–Crippen LogP) is 7.78. The number of hydrogen-bond donors (Lipinski definition) is 0. The van der Waals surface area contributed by atoms with E-state index in [2.05, 4.69) is 114 Å². The topological polar surface area (TPSA) is 27.7 Å². The van der Waals surface area contributed by atoms with Crippen LogP contribution in [0.15, 0.2) is 84.0 Å². The summed E-state index contributed by atoms with van der Waals surface area (Å²) in [7, 11) is -4.59. The van der Waals surface area contributed by atoms with Crippen molar-refractivity contribution >= 4 is 27.0 Å². The lowest BCUT2D eigenvalue weighted by Crippen LogP contribution is -2.69. The molecule has 0 N–H and O–H groups in total. The molecule has 0 amide bonds. The first-order chi connectivity index (χ1) is 19.8. The third-order valence-corrected chi connectivity index (χ3v) is 20.7. The smallest absolute Gasteiger partial charge is 0.262 e. The normalized spacial score (nSPS) is 29.5. The molecule has 5 heteroatoms. The Morgan fingerprint density at radius 1 is 0.780 bits per heavy atom. The van der Waals surface area contributed by atoms with Crippen LogP contribution in [0.4, 0.5) is 0 Å². The first-order valence-corrected chi connectivity index (χ1v) is 20.7. The summed E-state index contributed by atoms with van der Waals surface area (Å²) in [6, 6.07) is 25.8. The molecule has 1 aliphatic heterocycles. The summed E-state index contributed by atoms with van der Waals surface area (Å²) >= 11 is 0. The molecular weight excluding hydrogens is 537 g/mol. The van der Waals surface area contributed by atoms with Crippen molar-refractivity contribution in [3.8, 4) is 0 Å². The second-order valence-corrected chi connectivity index (χ2v) is 22.8. The molecule has 2 bridgehead atoms. The van der Waals surface area contributed by atoms with Crippen molar-refractivity contribution in [3.63, 3.8) is 0 Å². The van der Waals surface area contributed by atoms with Gasteiger partial charge in [0, 0.05) is 0 Å². The number of rotatable bonds is 9. The van der Waals surface area contributed by atoms with Crippen LogP contribution >= 0.6 is 0 Å². The summed E-state index contributed by atoms with van der Waals surface area (Å²) in [5.41, 5.74) is 3.02. The standard InChI is InChI=1S/C36H50O3Si2/c1-7-40(8-2,9-3)38-31-25-24-30-32(31)35(34-29-23-17-16-22-28(29)33(30)37-34)39-41(36(4,5)6,26-18-12-10-13-19-26)27-20-14-11-15-21-27/h10-21,28-29,31,33-35H,7-9,22-25H2,1-6H3/t28-,29+,31+,33-,34+,35-/m1/s1. The van der Waals surface area contributed by atoms with Crippen LogP contribution in [0.1, 0.15) is 67.2 Å². The SMILES string of the molecule is CC[Si](CC)(CC)O[C@H]1CCC2=C1[C@@H](O[Si](c1ccccc1)(c1ccccc1)C(C)(C)C)[C@H]1O[C@@H]2[C@@H]2CC=CC[C@@H]21. The van der Waals surface area contributed by atoms with Crippen LogP contribution < -0.4 is 10.4 Å². The van der Waals surface area contributed by atoms with Gasteiger partial charge in [-0.2, -0.15) is 0 Å². The van der Waals surface area contributed by atoms with Crippen LogP contribution in [0.2, 0.25) is 23.2 Å². The average Bonchev–Trinajstić information content (AvgIpc) is 3.57. The molecule has 0 spiro atoms. The zero-order valence-corrected chi connectivity index (χ0v) is 28.1. The molecule has 41 heavy (non-hydrogen) atoms. The Bertz CT molecular complexity index is 1210. The molecular formula is C36H50O3Si2. The Morgan fingerprint density at radius 2 is 1.34 bits per heavy atom. The quantitative estimate of drug-likeness (QED) is 0.222. The number of allylic oxidation sites excluding steroid dienone is 2. The van der Waals surface area contributed by atoms with Crippen molar-refractivity contribution in [1.82, 2.24) is 0 Å². The van der Waals surface area contributed by atoms with Crippen LogP contribution in [0.25, 0.3) is 0 Å². The highest BCUT2D eigenvalue weighted by Gasteiger charge is 2.61. The van der Waals surface area contributed by atoms with E-state index in [-0.39, 0.29) is 29.5 Å². The fourth-order valence-electron chi connectivity index (χ4n) is 8.67. The summed E-state index contributed by atoms with van der Waals surface area (Å²) in [4.78, 5) is 0. The van der Waals surface area contributed by atoms with Crippen LogP contribution in [0, 0.1) is 11.8 Å². The largest absolute Gasteiger partial charge is 0.410 e. The van der Waals surface area contributed by atoms with Gasteiger partial charge in [0.1, 0.15) is 0 Å². The van der Waals surface area contributed by atoms with Crippen molar-refractivity contribution < 1.29 is 13.6 Å². The first kappa shape index (κ1) is 29.3. The van der Waals surface area contributed by atoms with E-state index in [4.69, 9.17) is 13.6 Å². The van der Waals surface area contributed by atoms with E-state index in [1.807, 2.05) is 0 Å². The lowest BCUT2D eigenvalue weighted by atomic mass is 9.78. The van der Waals surface area contributed by atoms with E-state index in [0.717, 1.165) is 25.7 Å². The Labute approximate surface area is 250 Å². The molecule has 220 valence electrons. The van der Waals surface area contributed by atoms with E-state index in [1.54, 1.807) is 0 Å². The Balaban J connectivity index is 1.52. The van der Waals surface area contributed by atoms with Crippen LogP contribution in [0.5, 0.6) is 0 Å². The predicted molar refractivity (Wildman–Crippen MR) is 175 cm³/mol. The molecule has 6 rings (SSSR count). The van der Waals surface area contributed by atoms with Gasteiger partial charge in [-0.3, -0.25) is 0 Å². The molecule has 0 saturated carbocycles. The Kier molecular flexibility index (Phi) is 8.14.